The van der Waals surface area contributed by atoms with Crippen molar-refractivity contribution < 1.29 is 18.7 Å². The van der Waals surface area contributed by atoms with Crippen LogP contribution in [0.15, 0.2) is 48.5 Å². The first-order valence-electron chi connectivity index (χ1n) is 6.48. The summed E-state index contributed by atoms with van der Waals surface area (Å²) in [7, 11) is 0. The number of aliphatic hydroxyl groups is 1. The number of rotatable bonds is 5. The van der Waals surface area contributed by atoms with Crippen LogP contribution in [0, 0.1) is 11.6 Å². The average Bonchev–Trinajstić information content (AvgIpc) is 2.46. The van der Waals surface area contributed by atoms with Crippen molar-refractivity contribution in [1.29, 1.82) is 0 Å². The first kappa shape index (κ1) is 15.1. The largest absolute Gasteiger partial charge is 0.387 e. The molecule has 21 heavy (non-hydrogen) atoms. The number of hydrogen-bond acceptors (Lipinski definition) is 2. The van der Waals surface area contributed by atoms with Gasteiger partial charge in [0.15, 0.2) is 0 Å². The predicted octanol–water partition coefficient (Wildman–Crippen LogP) is 2.36. The lowest BCUT2D eigenvalue weighted by Gasteiger charge is -2.19. The minimum atomic E-state index is -0.658. The minimum Gasteiger partial charge on any atom is -0.387 e. The van der Waals surface area contributed by atoms with Crippen LogP contribution < -0.4 is 5.32 Å². The van der Waals surface area contributed by atoms with E-state index in [1.54, 1.807) is 18.2 Å². The van der Waals surface area contributed by atoms with Crippen molar-refractivity contribution in [3.05, 3.63) is 71.3 Å². The van der Waals surface area contributed by atoms with Crippen molar-refractivity contribution >= 4 is 5.91 Å². The number of carbonyl (C=O) groups is 1. The van der Waals surface area contributed by atoms with Crippen LogP contribution in [0.3, 0.4) is 0 Å². The summed E-state index contributed by atoms with van der Waals surface area (Å²) in [6, 6.07) is 11.3. The van der Waals surface area contributed by atoms with E-state index in [0.29, 0.717) is 17.5 Å². The van der Waals surface area contributed by atoms with Gasteiger partial charge >= 0.3 is 0 Å². The third kappa shape index (κ3) is 4.36. The summed E-state index contributed by atoms with van der Waals surface area (Å²) in [5.74, 6) is -1.37. The Balaban J connectivity index is 2.25. The third-order valence-corrected chi connectivity index (χ3v) is 3.06. The van der Waals surface area contributed by atoms with Crippen LogP contribution in [0.1, 0.15) is 17.2 Å². The SMILES string of the molecule is O=C(CO)NC(Cc1cccc(F)c1)c1cccc(F)c1. The van der Waals surface area contributed by atoms with E-state index in [1.807, 2.05) is 0 Å². The van der Waals surface area contributed by atoms with Gasteiger partial charge in [-0.2, -0.15) is 0 Å². The molecule has 1 amide bonds. The Bertz CT molecular complexity index is 631. The Hall–Kier alpha value is -2.27. The number of amides is 1. The maximum Gasteiger partial charge on any atom is 0.246 e. The third-order valence-electron chi connectivity index (χ3n) is 3.06. The van der Waals surface area contributed by atoms with Gasteiger partial charge in [0, 0.05) is 0 Å². The molecule has 0 saturated heterocycles. The molecule has 2 N–H and O–H groups in total. The van der Waals surface area contributed by atoms with Crippen molar-refractivity contribution in [2.45, 2.75) is 12.5 Å². The molecule has 0 aliphatic carbocycles. The highest BCUT2D eigenvalue weighted by atomic mass is 19.1. The van der Waals surface area contributed by atoms with E-state index in [4.69, 9.17) is 5.11 Å². The number of hydrogen-bond donors (Lipinski definition) is 2. The van der Waals surface area contributed by atoms with Gasteiger partial charge in [-0.3, -0.25) is 4.79 Å². The van der Waals surface area contributed by atoms with Crippen molar-refractivity contribution in [1.82, 2.24) is 5.32 Å². The zero-order chi connectivity index (χ0) is 15.2. The Morgan fingerprint density at radius 3 is 2.38 bits per heavy atom. The quantitative estimate of drug-likeness (QED) is 0.888. The van der Waals surface area contributed by atoms with E-state index >= 15 is 0 Å². The van der Waals surface area contributed by atoms with E-state index < -0.39 is 24.4 Å². The molecular weight excluding hydrogens is 276 g/mol. The normalized spacial score (nSPS) is 12.0. The smallest absolute Gasteiger partial charge is 0.246 e. The molecule has 0 saturated carbocycles. The zero-order valence-corrected chi connectivity index (χ0v) is 11.2. The zero-order valence-electron chi connectivity index (χ0n) is 11.2. The molecule has 3 nitrogen and oxygen atoms in total. The summed E-state index contributed by atoms with van der Waals surface area (Å²) in [5, 5.41) is 11.4. The van der Waals surface area contributed by atoms with Gasteiger partial charge in [0.05, 0.1) is 6.04 Å². The maximum atomic E-state index is 13.3. The summed E-state index contributed by atoms with van der Waals surface area (Å²) < 4.78 is 26.6. The fraction of sp³-hybridized carbons (Fsp3) is 0.188. The van der Waals surface area contributed by atoms with Gasteiger partial charge in [-0.1, -0.05) is 24.3 Å². The van der Waals surface area contributed by atoms with Crippen LogP contribution in [0.2, 0.25) is 0 Å². The highest BCUT2D eigenvalue weighted by Gasteiger charge is 2.15. The Morgan fingerprint density at radius 2 is 1.76 bits per heavy atom. The number of benzene rings is 2. The first-order valence-corrected chi connectivity index (χ1v) is 6.48. The van der Waals surface area contributed by atoms with Gasteiger partial charge in [-0.15, -0.1) is 0 Å². The molecule has 0 aromatic heterocycles. The topological polar surface area (TPSA) is 49.3 Å². The molecule has 0 fully saturated rings. The van der Waals surface area contributed by atoms with Crippen molar-refractivity contribution in [3.8, 4) is 0 Å². The van der Waals surface area contributed by atoms with Gasteiger partial charge in [0.25, 0.3) is 0 Å². The Kier molecular flexibility index (Phi) is 5.00. The summed E-state index contributed by atoms with van der Waals surface area (Å²) >= 11 is 0. The molecule has 0 spiro atoms. The molecule has 1 atom stereocenters. The highest BCUT2D eigenvalue weighted by Crippen LogP contribution is 2.20. The molecule has 5 heteroatoms. The number of halogens is 2. The average molecular weight is 291 g/mol. The van der Waals surface area contributed by atoms with E-state index in [-0.39, 0.29) is 5.82 Å². The van der Waals surface area contributed by atoms with Crippen LogP contribution in [0.5, 0.6) is 0 Å². The van der Waals surface area contributed by atoms with E-state index in [0.717, 1.165) is 0 Å². The van der Waals surface area contributed by atoms with Gasteiger partial charge < -0.3 is 10.4 Å². The van der Waals surface area contributed by atoms with Crippen molar-refractivity contribution in [2.24, 2.45) is 0 Å². The Morgan fingerprint density at radius 1 is 1.10 bits per heavy atom. The molecule has 2 aromatic rings. The lowest BCUT2D eigenvalue weighted by Crippen LogP contribution is -2.32. The fourth-order valence-electron chi connectivity index (χ4n) is 2.12. The molecule has 110 valence electrons. The van der Waals surface area contributed by atoms with Gasteiger partial charge in [-0.25, -0.2) is 8.78 Å². The molecule has 2 aromatic carbocycles. The molecule has 0 aliphatic heterocycles. The lowest BCUT2D eigenvalue weighted by atomic mass is 9.98. The minimum absolute atomic E-state index is 0.299. The summed E-state index contributed by atoms with van der Waals surface area (Å²) in [4.78, 5) is 11.4. The van der Waals surface area contributed by atoms with Crippen molar-refractivity contribution in [3.63, 3.8) is 0 Å². The molecule has 0 bridgehead atoms. The molecule has 2 rings (SSSR count). The van der Waals surface area contributed by atoms with Crippen molar-refractivity contribution in [2.75, 3.05) is 6.61 Å². The summed E-state index contributed by atoms with van der Waals surface area (Å²) in [6.45, 7) is -0.658. The second kappa shape index (κ2) is 6.95. The monoisotopic (exact) mass is 291 g/mol. The van der Waals surface area contributed by atoms with Crippen LogP contribution >= 0.6 is 0 Å². The first-order chi connectivity index (χ1) is 10.1. The second-order valence-corrected chi connectivity index (χ2v) is 4.67. The standard InChI is InChI=1S/C16H15F2NO2/c17-13-5-1-3-11(7-13)8-15(19-16(21)10-20)12-4-2-6-14(18)9-12/h1-7,9,15,20H,8,10H2,(H,19,21). The summed E-state index contributed by atoms with van der Waals surface area (Å²) in [5.41, 5.74) is 1.23. The second-order valence-electron chi connectivity index (χ2n) is 4.67. The summed E-state index contributed by atoms with van der Waals surface area (Å²) in [6.07, 6.45) is 0.299. The molecule has 0 heterocycles. The highest BCUT2D eigenvalue weighted by molar-refractivity contribution is 5.77. The maximum absolute atomic E-state index is 13.3. The van der Waals surface area contributed by atoms with Gasteiger partial charge in [0.1, 0.15) is 18.2 Å². The van der Waals surface area contributed by atoms with E-state index in [2.05, 4.69) is 5.32 Å². The van der Waals surface area contributed by atoms with Crippen LogP contribution in [0.4, 0.5) is 8.78 Å². The van der Waals surface area contributed by atoms with E-state index in [1.165, 1.54) is 30.3 Å². The number of aliphatic hydroxyl groups excluding tert-OH is 1. The fourth-order valence-corrected chi connectivity index (χ4v) is 2.12. The van der Waals surface area contributed by atoms with Crippen LogP contribution in [-0.2, 0) is 11.2 Å². The van der Waals surface area contributed by atoms with Gasteiger partial charge in [0.2, 0.25) is 5.91 Å². The van der Waals surface area contributed by atoms with Gasteiger partial charge in [-0.05, 0) is 41.8 Å². The molecule has 1 unspecified atom stereocenters. The Labute approximate surface area is 121 Å². The molecular formula is C16H15F2NO2. The van der Waals surface area contributed by atoms with E-state index in [9.17, 15) is 13.6 Å². The molecule has 0 aliphatic rings. The molecule has 0 radical (unpaired) electrons. The number of carbonyl (C=O) groups excluding carboxylic acids is 1. The van der Waals surface area contributed by atoms with Crippen LogP contribution in [-0.4, -0.2) is 17.6 Å². The van der Waals surface area contributed by atoms with Crippen LogP contribution in [0.25, 0.3) is 0 Å². The lowest BCUT2D eigenvalue weighted by molar-refractivity contribution is -0.124. The number of nitrogens with one attached hydrogen (secondary N) is 1. The predicted molar refractivity (Wildman–Crippen MR) is 74.5 cm³/mol.